The molecule has 1 aliphatic rings. The van der Waals surface area contributed by atoms with Gasteiger partial charge in [0.15, 0.2) is 17.8 Å². The lowest BCUT2D eigenvalue weighted by Crippen LogP contribution is -2.32. The quantitative estimate of drug-likeness (QED) is 0.488. The molecule has 154 valence electrons. The van der Waals surface area contributed by atoms with Crippen LogP contribution in [0.25, 0.3) is 0 Å². The number of hydrogen-bond donors (Lipinski definition) is 3. The minimum atomic E-state index is -0.622. The first-order chi connectivity index (χ1) is 13.9. The van der Waals surface area contributed by atoms with Crippen molar-refractivity contribution >= 4 is 6.21 Å². The van der Waals surface area contributed by atoms with Gasteiger partial charge in [-0.25, -0.2) is 9.67 Å². The van der Waals surface area contributed by atoms with Crippen molar-refractivity contribution < 1.29 is 14.4 Å². The van der Waals surface area contributed by atoms with Gasteiger partial charge >= 0.3 is 0 Å². The second kappa shape index (κ2) is 7.29. The summed E-state index contributed by atoms with van der Waals surface area (Å²) in [6, 6.07) is 1.75. The van der Waals surface area contributed by atoms with Crippen LogP contribution in [0.2, 0.25) is 0 Å². The average molecular weight is 401 g/mol. The van der Waals surface area contributed by atoms with Gasteiger partial charge in [0, 0.05) is 18.5 Å². The molecule has 12 nitrogen and oxygen atoms in total. The lowest BCUT2D eigenvalue weighted by Gasteiger charge is -2.25. The van der Waals surface area contributed by atoms with E-state index in [4.69, 9.17) is 15.0 Å². The highest BCUT2D eigenvalue weighted by Gasteiger charge is 2.36. The van der Waals surface area contributed by atoms with Crippen molar-refractivity contribution in [3.63, 3.8) is 0 Å². The summed E-state index contributed by atoms with van der Waals surface area (Å²) in [7, 11) is 1.79. The summed E-state index contributed by atoms with van der Waals surface area (Å²) >= 11 is 0. The highest BCUT2D eigenvalue weighted by molar-refractivity contribution is 5.82. The van der Waals surface area contributed by atoms with E-state index >= 15 is 0 Å². The van der Waals surface area contributed by atoms with Crippen molar-refractivity contribution in [2.45, 2.75) is 38.6 Å². The van der Waals surface area contributed by atoms with Crippen molar-refractivity contribution in [2.24, 2.45) is 17.9 Å². The van der Waals surface area contributed by atoms with E-state index in [2.05, 4.69) is 30.9 Å². The molecule has 4 N–H and O–H groups in total. The molecule has 29 heavy (non-hydrogen) atoms. The molecular formula is C17H23N9O3. The fraction of sp³-hybridized carbons (Fsp3) is 0.471. The fourth-order valence-electron chi connectivity index (χ4n) is 3.12. The van der Waals surface area contributed by atoms with Crippen molar-refractivity contribution in [3.8, 4) is 5.88 Å². The third-order valence-corrected chi connectivity index (χ3v) is 4.82. The number of aromatic nitrogens is 6. The van der Waals surface area contributed by atoms with E-state index in [0.29, 0.717) is 28.9 Å². The van der Waals surface area contributed by atoms with Gasteiger partial charge in [-0.1, -0.05) is 19.0 Å². The Labute approximate surface area is 166 Å². The summed E-state index contributed by atoms with van der Waals surface area (Å²) in [5, 5.41) is 27.0. The molecule has 0 bridgehead atoms. The smallest absolute Gasteiger partial charge is 0.237 e. The van der Waals surface area contributed by atoms with Gasteiger partial charge in [0.25, 0.3) is 0 Å². The van der Waals surface area contributed by atoms with Crippen molar-refractivity contribution in [1.29, 1.82) is 0 Å². The Morgan fingerprint density at radius 1 is 1.41 bits per heavy atom. The SMILES string of the molecule is Cn1ncnc1COc1nn2c(c1C(C)(C)CO)C=NNC2c1cc(CN)on1. The van der Waals surface area contributed by atoms with Crippen LogP contribution in [0.15, 0.2) is 22.0 Å². The lowest BCUT2D eigenvalue weighted by atomic mass is 9.85. The summed E-state index contributed by atoms with van der Waals surface area (Å²) in [6.45, 7) is 4.14. The minimum Gasteiger partial charge on any atom is -0.468 e. The zero-order chi connectivity index (χ0) is 20.6. The number of hydrogen-bond acceptors (Lipinski definition) is 10. The molecule has 0 spiro atoms. The van der Waals surface area contributed by atoms with Crippen molar-refractivity contribution in [1.82, 2.24) is 35.1 Å². The first-order valence-electron chi connectivity index (χ1n) is 9.08. The zero-order valence-corrected chi connectivity index (χ0v) is 16.4. The number of hydrazone groups is 1. The highest BCUT2D eigenvalue weighted by Crippen LogP contribution is 2.36. The maximum atomic E-state index is 9.99. The Balaban J connectivity index is 1.75. The Bertz CT molecular complexity index is 1030. The molecule has 0 aromatic carbocycles. The van der Waals surface area contributed by atoms with Crippen molar-refractivity contribution in [3.05, 3.63) is 40.9 Å². The van der Waals surface area contributed by atoms with E-state index in [1.807, 2.05) is 13.8 Å². The molecule has 1 unspecified atom stereocenters. The Morgan fingerprint density at radius 3 is 2.90 bits per heavy atom. The molecule has 0 saturated carbocycles. The van der Waals surface area contributed by atoms with E-state index in [1.165, 1.54) is 6.33 Å². The maximum Gasteiger partial charge on any atom is 0.237 e. The number of fused-ring (bicyclic) bond motifs is 1. The normalized spacial score (nSPS) is 16.0. The molecule has 12 heteroatoms. The predicted molar refractivity (Wildman–Crippen MR) is 101 cm³/mol. The fourth-order valence-corrected chi connectivity index (χ4v) is 3.12. The van der Waals surface area contributed by atoms with Crippen LogP contribution in [-0.2, 0) is 25.6 Å². The number of aliphatic hydroxyl groups is 1. The minimum absolute atomic E-state index is 0.0980. The number of ether oxygens (including phenoxy) is 1. The molecule has 1 aliphatic heterocycles. The van der Waals surface area contributed by atoms with Crippen LogP contribution in [0.4, 0.5) is 0 Å². The van der Waals surface area contributed by atoms with Crippen LogP contribution in [0.3, 0.4) is 0 Å². The summed E-state index contributed by atoms with van der Waals surface area (Å²) in [5.41, 5.74) is 10.0. The van der Waals surface area contributed by atoms with Gasteiger partial charge in [0.1, 0.15) is 18.6 Å². The van der Waals surface area contributed by atoms with Gasteiger partial charge in [-0.05, 0) is 0 Å². The van der Waals surface area contributed by atoms with Gasteiger partial charge in [-0.15, -0.1) is 5.10 Å². The molecule has 4 heterocycles. The van der Waals surface area contributed by atoms with Crippen molar-refractivity contribution in [2.75, 3.05) is 6.61 Å². The summed E-state index contributed by atoms with van der Waals surface area (Å²) < 4.78 is 14.6. The molecule has 0 amide bonds. The number of nitrogens with two attached hydrogens (primary N) is 1. The lowest BCUT2D eigenvalue weighted by molar-refractivity contribution is 0.208. The summed E-state index contributed by atoms with van der Waals surface area (Å²) in [4.78, 5) is 4.17. The maximum absolute atomic E-state index is 9.99. The van der Waals surface area contributed by atoms with Crippen LogP contribution >= 0.6 is 0 Å². The molecule has 1 atom stereocenters. The molecule has 0 radical (unpaired) electrons. The monoisotopic (exact) mass is 401 g/mol. The van der Waals surface area contributed by atoms with E-state index < -0.39 is 11.6 Å². The van der Waals surface area contributed by atoms with E-state index in [9.17, 15) is 5.11 Å². The first-order valence-corrected chi connectivity index (χ1v) is 9.08. The van der Waals surface area contributed by atoms with Crippen LogP contribution in [0.5, 0.6) is 5.88 Å². The molecule has 0 saturated heterocycles. The molecule has 0 fully saturated rings. The molecule has 4 rings (SSSR count). The Hall–Kier alpha value is -3.25. The van der Waals surface area contributed by atoms with Gasteiger partial charge in [-0.2, -0.15) is 10.2 Å². The molecular weight excluding hydrogens is 378 g/mol. The van der Waals surface area contributed by atoms with Gasteiger partial charge in [0.05, 0.1) is 30.6 Å². The van der Waals surface area contributed by atoms with E-state index in [-0.39, 0.29) is 19.8 Å². The zero-order valence-electron chi connectivity index (χ0n) is 16.4. The third-order valence-electron chi connectivity index (χ3n) is 4.82. The van der Waals surface area contributed by atoms with E-state index in [0.717, 1.165) is 5.56 Å². The van der Waals surface area contributed by atoms with Gasteiger partial charge in [0.2, 0.25) is 5.88 Å². The standard InChI is InChI=1S/C17H23N9O3/c1-17(2,8-27)14-12-6-20-22-15(11-4-10(5-18)29-24-11)26(12)23-16(14)28-7-13-19-9-21-25(13)3/h4,6,9,15,22,27H,5,7-8,18H2,1-3H3. The third kappa shape index (κ3) is 3.36. The summed E-state index contributed by atoms with van der Waals surface area (Å²) in [6.07, 6.45) is 2.61. The second-order valence-corrected chi connectivity index (χ2v) is 7.35. The average Bonchev–Trinajstić information content (AvgIpc) is 3.43. The second-order valence-electron chi connectivity index (χ2n) is 7.35. The number of aryl methyl sites for hydroxylation is 1. The predicted octanol–water partition coefficient (Wildman–Crippen LogP) is -0.209. The van der Waals surface area contributed by atoms with Crippen LogP contribution in [0, 0.1) is 0 Å². The number of nitrogens with one attached hydrogen (secondary N) is 1. The molecule has 0 aliphatic carbocycles. The molecule has 3 aromatic rings. The Morgan fingerprint density at radius 2 is 2.24 bits per heavy atom. The largest absolute Gasteiger partial charge is 0.468 e. The van der Waals surface area contributed by atoms with Crippen LogP contribution < -0.4 is 15.9 Å². The van der Waals surface area contributed by atoms with E-state index in [1.54, 1.807) is 28.7 Å². The highest BCUT2D eigenvalue weighted by atomic mass is 16.5. The van der Waals surface area contributed by atoms with Crippen LogP contribution in [0.1, 0.15) is 48.5 Å². The topological polar surface area (TPSA) is 154 Å². The molecule has 3 aromatic heterocycles. The van der Waals surface area contributed by atoms with Gasteiger partial charge in [-0.3, -0.25) is 10.1 Å². The Kier molecular flexibility index (Phi) is 4.80. The number of nitrogens with zero attached hydrogens (tertiary/aromatic N) is 7. The van der Waals surface area contributed by atoms with Gasteiger partial charge < -0.3 is 20.1 Å². The number of aliphatic hydroxyl groups excluding tert-OH is 1. The number of rotatable bonds is 7. The first kappa shape index (κ1) is 19.1. The summed E-state index contributed by atoms with van der Waals surface area (Å²) in [5.74, 6) is 1.58. The van der Waals surface area contributed by atoms with Crippen LogP contribution in [-0.4, -0.2) is 47.6 Å².